The van der Waals surface area contributed by atoms with Crippen LogP contribution in [-0.4, -0.2) is 27.4 Å². The van der Waals surface area contributed by atoms with Crippen molar-refractivity contribution in [1.82, 2.24) is 9.97 Å². The van der Waals surface area contributed by atoms with Gasteiger partial charge in [0, 0.05) is 11.8 Å². The molecule has 0 aliphatic rings. The molecular formula is C12H8F3N3O3. The summed E-state index contributed by atoms with van der Waals surface area (Å²) in [6.45, 7) is 0. The van der Waals surface area contributed by atoms with Crippen LogP contribution in [0.25, 0.3) is 0 Å². The molecule has 0 atom stereocenters. The lowest BCUT2D eigenvalue weighted by molar-refractivity contribution is -0.274. The number of carbonyl (C=O) groups is 1. The van der Waals surface area contributed by atoms with Crippen LogP contribution in [0, 0.1) is 0 Å². The SMILES string of the molecule is O=C(O)c1cncc(Nc2cccc(OC(F)(F)F)c2)n1. The van der Waals surface area contributed by atoms with Gasteiger partial charge in [-0.1, -0.05) is 6.07 Å². The van der Waals surface area contributed by atoms with Crippen molar-refractivity contribution in [2.45, 2.75) is 6.36 Å². The van der Waals surface area contributed by atoms with Crippen molar-refractivity contribution >= 4 is 17.5 Å². The minimum Gasteiger partial charge on any atom is -0.476 e. The van der Waals surface area contributed by atoms with Gasteiger partial charge in [-0.05, 0) is 12.1 Å². The van der Waals surface area contributed by atoms with Gasteiger partial charge in [-0.2, -0.15) is 0 Å². The van der Waals surface area contributed by atoms with E-state index in [-0.39, 0.29) is 17.2 Å². The summed E-state index contributed by atoms with van der Waals surface area (Å²) in [5.74, 6) is -1.59. The maximum Gasteiger partial charge on any atom is 0.573 e. The van der Waals surface area contributed by atoms with Gasteiger partial charge in [0.2, 0.25) is 0 Å². The Morgan fingerprint density at radius 3 is 2.71 bits per heavy atom. The number of halogens is 3. The first-order chi connectivity index (χ1) is 9.83. The molecule has 0 amide bonds. The number of alkyl halides is 3. The fourth-order valence-corrected chi connectivity index (χ4v) is 1.45. The Bertz CT molecular complexity index is 661. The average Bonchev–Trinajstić information content (AvgIpc) is 2.37. The lowest BCUT2D eigenvalue weighted by Gasteiger charge is -2.11. The van der Waals surface area contributed by atoms with E-state index in [9.17, 15) is 18.0 Å². The highest BCUT2D eigenvalue weighted by Crippen LogP contribution is 2.26. The summed E-state index contributed by atoms with van der Waals surface area (Å²) < 4.78 is 40.1. The summed E-state index contributed by atoms with van der Waals surface area (Å²) >= 11 is 0. The van der Waals surface area contributed by atoms with Crippen molar-refractivity contribution in [1.29, 1.82) is 0 Å². The molecule has 9 heteroatoms. The summed E-state index contributed by atoms with van der Waals surface area (Å²) in [4.78, 5) is 18.1. The molecule has 0 radical (unpaired) electrons. The van der Waals surface area contributed by atoms with Crippen molar-refractivity contribution in [2.75, 3.05) is 5.32 Å². The van der Waals surface area contributed by atoms with Crippen LogP contribution in [0.4, 0.5) is 24.7 Å². The van der Waals surface area contributed by atoms with Gasteiger partial charge in [-0.3, -0.25) is 4.98 Å². The van der Waals surface area contributed by atoms with E-state index >= 15 is 0 Å². The Morgan fingerprint density at radius 1 is 1.29 bits per heavy atom. The first kappa shape index (κ1) is 14.6. The molecule has 0 unspecified atom stereocenters. The Morgan fingerprint density at radius 2 is 2.05 bits per heavy atom. The van der Waals surface area contributed by atoms with E-state index in [0.717, 1.165) is 18.3 Å². The van der Waals surface area contributed by atoms with Gasteiger partial charge < -0.3 is 15.2 Å². The van der Waals surface area contributed by atoms with Crippen LogP contribution in [0.2, 0.25) is 0 Å². The number of rotatable bonds is 4. The molecule has 6 nitrogen and oxygen atoms in total. The number of carboxylic acids is 1. The number of carboxylic acid groups (broad SMARTS) is 1. The molecule has 0 fully saturated rings. The average molecular weight is 299 g/mol. The topological polar surface area (TPSA) is 84.3 Å². The first-order valence-corrected chi connectivity index (χ1v) is 5.52. The van der Waals surface area contributed by atoms with E-state index in [0.29, 0.717) is 0 Å². The van der Waals surface area contributed by atoms with Crippen LogP contribution in [-0.2, 0) is 0 Å². The highest BCUT2D eigenvalue weighted by Gasteiger charge is 2.31. The second-order valence-electron chi connectivity index (χ2n) is 3.80. The molecule has 0 spiro atoms. The first-order valence-electron chi connectivity index (χ1n) is 5.52. The summed E-state index contributed by atoms with van der Waals surface area (Å²) in [5, 5.41) is 11.4. The van der Waals surface area contributed by atoms with Crippen molar-refractivity contribution in [3.05, 3.63) is 42.4 Å². The normalized spacial score (nSPS) is 11.0. The predicted molar refractivity (Wildman–Crippen MR) is 65.4 cm³/mol. The Hall–Kier alpha value is -2.84. The number of aromatic nitrogens is 2. The zero-order chi connectivity index (χ0) is 15.5. The van der Waals surface area contributed by atoms with Gasteiger partial charge in [0.05, 0.1) is 12.4 Å². The molecule has 0 saturated heterocycles. The van der Waals surface area contributed by atoms with Crippen LogP contribution >= 0.6 is 0 Å². The van der Waals surface area contributed by atoms with Crippen LogP contribution in [0.3, 0.4) is 0 Å². The van der Waals surface area contributed by atoms with Crippen LogP contribution in [0.1, 0.15) is 10.5 Å². The molecule has 2 aromatic rings. The summed E-state index contributed by atoms with van der Waals surface area (Å²) in [6.07, 6.45) is -2.50. The van der Waals surface area contributed by atoms with Crippen molar-refractivity contribution < 1.29 is 27.8 Å². The predicted octanol–water partition coefficient (Wildman–Crippen LogP) is 2.82. The summed E-state index contributed by atoms with van der Waals surface area (Å²) in [7, 11) is 0. The quantitative estimate of drug-likeness (QED) is 0.903. The lowest BCUT2D eigenvalue weighted by atomic mass is 10.3. The maximum absolute atomic E-state index is 12.1. The molecule has 2 rings (SSSR count). The molecule has 0 aliphatic heterocycles. The monoisotopic (exact) mass is 299 g/mol. The van der Waals surface area contributed by atoms with E-state index in [1.54, 1.807) is 0 Å². The summed E-state index contributed by atoms with van der Waals surface area (Å²) in [6, 6.07) is 5.05. The highest BCUT2D eigenvalue weighted by atomic mass is 19.4. The van der Waals surface area contributed by atoms with Crippen molar-refractivity contribution in [2.24, 2.45) is 0 Å². The van der Waals surface area contributed by atoms with Gasteiger partial charge in [0.15, 0.2) is 5.69 Å². The standard InChI is InChI=1S/C12H8F3N3O3/c13-12(14,15)21-8-3-1-2-7(4-8)17-10-6-16-5-9(18-10)11(19)20/h1-6H,(H,17,18)(H,19,20). The molecule has 1 aromatic carbocycles. The number of aromatic carboxylic acids is 1. The minimum atomic E-state index is -4.79. The second-order valence-corrected chi connectivity index (χ2v) is 3.80. The fourth-order valence-electron chi connectivity index (χ4n) is 1.45. The number of nitrogens with zero attached hydrogens (tertiary/aromatic N) is 2. The molecule has 0 saturated carbocycles. The van der Waals surface area contributed by atoms with Crippen LogP contribution in [0.5, 0.6) is 5.75 Å². The third kappa shape index (κ3) is 4.34. The number of ether oxygens (including phenoxy) is 1. The number of nitrogens with one attached hydrogen (secondary N) is 1. The Balaban J connectivity index is 2.18. The van der Waals surface area contributed by atoms with Crippen molar-refractivity contribution in [3.63, 3.8) is 0 Å². The number of hydrogen-bond acceptors (Lipinski definition) is 5. The number of anilines is 2. The maximum atomic E-state index is 12.1. The molecule has 0 aliphatic carbocycles. The smallest absolute Gasteiger partial charge is 0.476 e. The highest BCUT2D eigenvalue weighted by molar-refractivity contribution is 5.85. The van der Waals surface area contributed by atoms with Gasteiger partial charge in [0.1, 0.15) is 11.6 Å². The lowest BCUT2D eigenvalue weighted by Crippen LogP contribution is -2.17. The van der Waals surface area contributed by atoms with E-state index in [1.807, 2.05) is 0 Å². The molecule has 21 heavy (non-hydrogen) atoms. The fraction of sp³-hybridized carbons (Fsp3) is 0.0833. The number of hydrogen-bond donors (Lipinski definition) is 2. The van der Waals surface area contributed by atoms with Gasteiger partial charge >= 0.3 is 12.3 Å². The molecular weight excluding hydrogens is 291 g/mol. The minimum absolute atomic E-state index is 0.0825. The molecule has 1 heterocycles. The van der Waals surface area contributed by atoms with E-state index in [2.05, 4.69) is 20.0 Å². The van der Waals surface area contributed by atoms with E-state index in [1.165, 1.54) is 18.3 Å². The Kier molecular flexibility index (Phi) is 3.92. The molecule has 2 N–H and O–H groups in total. The third-order valence-electron chi connectivity index (χ3n) is 2.19. The zero-order valence-electron chi connectivity index (χ0n) is 10.3. The Labute approximate surface area is 116 Å². The largest absolute Gasteiger partial charge is 0.573 e. The van der Waals surface area contributed by atoms with E-state index in [4.69, 9.17) is 5.11 Å². The van der Waals surface area contributed by atoms with Gasteiger partial charge in [-0.25, -0.2) is 9.78 Å². The third-order valence-corrected chi connectivity index (χ3v) is 2.19. The van der Waals surface area contributed by atoms with Crippen LogP contribution in [0.15, 0.2) is 36.7 Å². The second kappa shape index (κ2) is 5.65. The zero-order valence-corrected chi connectivity index (χ0v) is 10.3. The van der Waals surface area contributed by atoms with Gasteiger partial charge in [-0.15, -0.1) is 13.2 Å². The molecule has 1 aromatic heterocycles. The summed E-state index contributed by atoms with van der Waals surface area (Å²) in [5.41, 5.74) is -0.0451. The molecule has 0 bridgehead atoms. The van der Waals surface area contributed by atoms with E-state index < -0.39 is 18.1 Å². The van der Waals surface area contributed by atoms with Crippen LogP contribution < -0.4 is 10.1 Å². The van der Waals surface area contributed by atoms with Crippen molar-refractivity contribution in [3.8, 4) is 5.75 Å². The molecule has 110 valence electrons. The van der Waals surface area contributed by atoms with Gasteiger partial charge in [0.25, 0.3) is 0 Å². The number of benzene rings is 1.